The van der Waals surface area contributed by atoms with Crippen molar-refractivity contribution in [2.24, 2.45) is 17.8 Å². The highest BCUT2D eigenvalue weighted by molar-refractivity contribution is 5.95. The van der Waals surface area contributed by atoms with Gasteiger partial charge in [0.15, 0.2) is 0 Å². The number of hydrogen-bond acceptors (Lipinski definition) is 1. The number of rotatable bonds is 4. The summed E-state index contributed by atoms with van der Waals surface area (Å²) in [5.74, 6) is 2.48. The molecule has 2 bridgehead atoms. The Morgan fingerprint density at radius 2 is 1.74 bits per heavy atom. The lowest BCUT2D eigenvalue weighted by Gasteiger charge is -2.21. The molecule has 0 heterocycles. The van der Waals surface area contributed by atoms with Crippen molar-refractivity contribution in [2.45, 2.75) is 32.1 Å². The summed E-state index contributed by atoms with van der Waals surface area (Å²) in [7, 11) is 0. The van der Waals surface area contributed by atoms with Gasteiger partial charge in [-0.2, -0.15) is 0 Å². The lowest BCUT2D eigenvalue weighted by Crippen LogP contribution is -2.20. The van der Waals surface area contributed by atoms with Gasteiger partial charge in [-0.1, -0.05) is 55.0 Å². The van der Waals surface area contributed by atoms with Crippen molar-refractivity contribution >= 4 is 11.6 Å². The molecule has 3 atom stereocenters. The molecule has 2 saturated carbocycles. The van der Waals surface area contributed by atoms with Gasteiger partial charge in [0.1, 0.15) is 0 Å². The third kappa shape index (κ3) is 3.03. The number of para-hydroxylation sites is 1. The van der Waals surface area contributed by atoms with Crippen LogP contribution in [0.25, 0.3) is 11.1 Å². The minimum atomic E-state index is 0.172. The Bertz CT molecular complexity index is 694. The van der Waals surface area contributed by atoms with Crippen molar-refractivity contribution in [3.8, 4) is 11.1 Å². The quantitative estimate of drug-likeness (QED) is 0.834. The Labute approximate surface area is 137 Å². The first-order valence-electron chi connectivity index (χ1n) is 8.74. The highest BCUT2D eigenvalue weighted by Gasteiger charge is 2.40. The largest absolute Gasteiger partial charge is 0.326 e. The summed E-state index contributed by atoms with van der Waals surface area (Å²) in [4.78, 5) is 12.5. The SMILES string of the molecule is O=C(CC1CC2CCC1C2)Nc1ccccc1-c1ccccc1. The highest BCUT2D eigenvalue weighted by atomic mass is 16.1. The third-order valence-corrected chi connectivity index (χ3v) is 5.62. The molecule has 0 spiro atoms. The van der Waals surface area contributed by atoms with Gasteiger partial charge in [-0.05, 0) is 48.6 Å². The Balaban J connectivity index is 1.47. The summed E-state index contributed by atoms with van der Waals surface area (Å²) in [6.07, 6.45) is 6.03. The molecule has 2 heteroatoms. The first-order valence-corrected chi connectivity index (χ1v) is 8.74. The fraction of sp³-hybridized carbons (Fsp3) is 0.381. The Hall–Kier alpha value is -2.09. The van der Waals surface area contributed by atoms with Gasteiger partial charge in [-0.3, -0.25) is 4.79 Å². The van der Waals surface area contributed by atoms with E-state index in [1.807, 2.05) is 36.4 Å². The number of amides is 1. The van der Waals surface area contributed by atoms with E-state index in [1.165, 1.54) is 25.7 Å². The van der Waals surface area contributed by atoms with E-state index in [0.29, 0.717) is 12.3 Å². The molecular weight excluding hydrogens is 282 g/mol. The molecular formula is C21H23NO. The van der Waals surface area contributed by atoms with Crippen LogP contribution in [-0.4, -0.2) is 5.91 Å². The van der Waals surface area contributed by atoms with Gasteiger partial charge in [-0.25, -0.2) is 0 Å². The molecule has 1 N–H and O–H groups in total. The van der Waals surface area contributed by atoms with Crippen molar-refractivity contribution in [3.63, 3.8) is 0 Å². The Morgan fingerprint density at radius 1 is 0.957 bits per heavy atom. The van der Waals surface area contributed by atoms with Gasteiger partial charge in [0, 0.05) is 17.7 Å². The molecule has 0 aromatic heterocycles. The van der Waals surface area contributed by atoms with Gasteiger partial charge < -0.3 is 5.32 Å². The van der Waals surface area contributed by atoms with Crippen LogP contribution in [-0.2, 0) is 4.79 Å². The summed E-state index contributed by atoms with van der Waals surface area (Å²) in [5.41, 5.74) is 3.16. The molecule has 1 amide bonds. The summed E-state index contributed by atoms with van der Waals surface area (Å²) >= 11 is 0. The van der Waals surface area contributed by atoms with E-state index in [2.05, 4.69) is 23.5 Å². The number of nitrogens with one attached hydrogen (secondary N) is 1. The first kappa shape index (κ1) is 14.5. The number of benzene rings is 2. The van der Waals surface area contributed by atoms with E-state index in [4.69, 9.17) is 0 Å². The maximum Gasteiger partial charge on any atom is 0.224 e. The van der Waals surface area contributed by atoms with Crippen LogP contribution in [0.4, 0.5) is 5.69 Å². The first-order chi connectivity index (χ1) is 11.3. The van der Waals surface area contributed by atoms with E-state index >= 15 is 0 Å². The van der Waals surface area contributed by atoms with E-state index in [1.54, 1.807) is 0 Å². The zero-order valence-electron chi connectivity index (χ0n) is 13.4. The lowest BCUT2D eigenvalue weighted by molar-refractivity contribution is -0.117. The molecule has 2 aromatic rings. The van der Waals surface area contributed by atoms with Crippen molar-refractivity contribution in [1.29, 1.82) is 0 Å². The van der Waals surface area contributed by atoms with Crippen LogP contribution >= 0.6 is 0 Å². The summed E-state index contributed by atoms with van der Waals surface area (Å²) in [5, 5.41) is 3.16. The van der Waals surface area contributed by atoms with Gasteiger partial charge >= 0.3 is 0 Å². The molecule has 4 rings (SSSR count). The standard InChI is InChI=1S/C21H23NO/c23-21(14-18-13-15-10-11-17(18)12-15)22-20-9-5-4-8-19(20)16-6-2-1-3-7-16/h1-9,15,17-18H,10-14H2,(H,22,23). The van der Waals surface area contributed by atoms with E-state index in [-0.39, 0.29) is 5.91 Å². The van der Waals surface area contributed by atoms with Crippen LogP contribution in [0.15, 0.2) is 54.6 Å². The number of anilines is 1. The fourth-order valence-electron chi connectivity index (χ4n) is 4.53. The van der Waals surface area contributed by atoms with Crippen molar-refractivity contribution in [3.05, 3.63) is 54.6 Å². The maximum atomic E-state index is 12.5. The Morgan fingerprint density at radius 3 is 2.48 bits per heavy atom. The van der Waals surface area contributed by atoms with Gasteiger partial charge in [0.05, 0.1) is 0 Å². The summed E-state index contributed by atoms with van der Waals surface area (Å²) in [6.45, 7) is 0. The smallest absolute Gasteiger partial charge is 0.224 e. The average Bonchev–Trinajstić information content (AvgIpc) is 3.19. The second-order valence-electron chi connectivity index (χ2n) is 7.10. The van der Waals surface area contributed by atoms with Crippen LogP contribution in [0.1, 0.15) is 32.1 Å². The normalized spacial score (nSPS) is 25.5. The van der Waals surface area contributed by atoms with Crippen LogP contribution in [0.3, 0.4) is 0 Å². The molecule has 0 saturated heterocycles. The molecule has 2 aliphatic rings. The van der Waals surface area contributed by atoms with E-state index in [9.17, 15) is 4.79 Å². The molecule has 118 valence electrons. The Kier molecular flexibility index (Phi) is 3.90. The lowest BCUT2D eigenvalue weighted by atomic mass is 9.86. The fourth-order valence-corrected chi connectivity index (χ4v) is 4.53. The number of carbonyl (C=O) groups excluding carboxylic acids is 1. The van der Waals surface area contributed by atoms with E-state index < -0.39 is 0 Å². The summed E-state index contributed by atoms with van der Waals surface area (Å²) < 4.78 is 0. The molecule has 3 unspecified atom stereocenters. The monoisotopic (exact) mass is 305 g/mol. The molecule has 0 aliphatic heterocycles. The molecule has 2 fully saturated rings. The second kappa shape index (κ2) is 6.19. The predicted molar refractivity (Wildman–Crippen MR) is 94.1 cm³/mol. The minimum Gasteiger partial charge on any atom is -0.326 e. The van der Waals surface area contributed by atoms with Crippen LogP contribution in [0.5, 0.6) is 0 Å². The topological polar surface area (TPSA) is 29.1 Å². The maximum absolute atomic E-state index is 12.5. The second-order valence-corrected chi connectivity index (χ2v) is 7.10. The number of hydrogen-bond donors (Lipinski definition) is 1. The minimum absolute atomic E-state index is 0.172. The van der Waals surface area contributed by atoms with Crippen molar-refractivity contribution in [1.82, 2.24) is 0 Å². The molecule has 0 radical (unpaired) electrons. The zero-order chi connectivity index (χ0) is 15.6. The molecule has 23 heavy (non-hydrogen) atoms. The van der Waals surface area contributed by atoms with Crippen LogP contribution < -0.4 is 5.32 Å². The van der Waals surface area contributed by atoms with Crippen molar-refractivity contribution in [2.75, 3.05) is 5.32 Å². The number of carbonyl (C=O) groups is 1. The van der Waals surface area contributed by atoms with E-state index in [0.717, 1.165) is 28.7 Å². The molecule has 2 aliphatic carbocycles. The van der Waals surface area contributed by atoms with Crippen LogP contribution in [0, 0.1) is 17.8 Å². The summed E-state index contributed by atoms with van der Waals surface area (Å²) in [6, 6.07) is 18.3. The third-order valence-electron chi connectivity index (χ3n) is 5.62. The van der Waals surface area contributed by atoms with Gasteiger partial charge in [-0.15, -0.1) is 0 Å². The predicted octanol–water partition coefficient (Wildman–Crippen LogP) is 5.12. The zero-order valence-corrected chi connectivity index (χ0v) is 13.4. The molecule has 2 nitrogen and oxygen atoms in total. The average molecular weight is 305 g/mol. The van der Waals surface area contributed by atoms with Crippen molar-refractivity contribution < 1.29 is 4.79 Å². The van der Waals surface area contributed by atoms with Gasteiger partial charge in [0.25, 0.3) is 0 Å². The highest BCUT2D eigenvalue weighted by Crippen LogP contribution is 2.49. The molecule has 2 aromatic carbocycles. The van der Waals surface area contributed by atoms with Crippen LogP contribution in [0.2, 0.25) is 0 Å². The van der Waals surface area contributed by atoms with Gasteiger partial charge in [0.2, 0.25) is 5.91 Å². The number of fused-ring (bicyclic) bond motifs is 2.